The van der Waals surface area contributed by atoms with Gasteiger partial charge in [0, 0.05) is 5.56 Å². The molecule has 0 spiro atoms. The lowest BCUT2D eigenvalue weighted by molar-refractivity contribution is -0.896. The summed E-state index contributed by atoms with van der Waals surface area (Å²) in [5.41, 5.74) is 1.23. The third-order valence-electron chi connectivity index (χ3n) is 2.32. The molecule has 0 aliphatic rings. The van der Waals surface area contributed by atoms with E-state index >= 15 is 0 Å². The molecule has 1 aromatic carbocycles. The molecule has 0 unspecified atom stereocenters. The molecular formula is C13H20NO2+. The van der Waals surface area contributed by atoms with E-state index in [0.29, 0.717) is 17.6 Å². The molecule has 0 N–H and O–H groups in total. The van der Waals surface area contributed by atoms with Crippen LogP contribution in [0.25, 0.3) is 0 Å². The number of hydrogen-bond donors (Lipinski definition) is 0. The van der Waals surface area contributed by atoms with E-state index in [0.717, 1.165) is 6.54 Å². The maximum absolute atomic E-state index is 11.4. The Morgan fingerprint density at radius 2 is 1.88 bits per heavy atom. The summed E-state index contributed by atoms with van der Waals surface area (Å²) in [5.74, 6) is -0.136. The molecule has 0 heterocycles. The molecule has 0 bridgehead atoms. The second-order valence-corrected chi connectivity index (χ2v) is 4.54. The Morgan fingerprint density at radius 3 is 2.44 bits per heavy atom. The van der Waals surface area contributed by atoms with Gasteiger partial charge in [-0.05, 0) is 6.92 Å². The van der Waals surface area contributed by atoms with Crippen molar-refractivity contribution < 1.29 is 14.0 Å². The molecule has 0 fully saturated rings. The van der Waals surface area contributed by atoms with E-state index in [4.69, 9.17) is 4.74 Å². The average Bonchev–Trinajstić information content (AvgIpc) is 2.17. The van der Waals surface area contributed by atoms with Crippen molar-refractivity contribution in [2.45, 2.75) is 13.5 Å². The quantitative estimate of drug-likeness (QED) is 0.561. The number of nitrogens with zero attached hydrogens (tertiary/aromatic N) is 1. The monoisotopic (exact) mass is 222 g/mol. The van der Waals surface area contributed by atoms with E-state index in [1.807, 2.05) is 39.2 Å². The number of likely N-dealkylation sites (N-methyl/N-ethyl adjacent to an activating group) is 1. The molecule has 1 aromatic rings. The molecule has 0 aromatic heterocycles. The van der Waals surface area contributed by atoms with Crippen LogP contribution in [0.1, 0.15) is 12.5 Å². The summed E-state index contributed by atoms with van der Waals surface area (Å²) in [5, 5.41) is 0. The average molecular weight is 222 g/mol. The van der Waals surface area contributed by atoms with E-state index in [1.54, 1.807) is 0 Å². The van der Waals surface area contributed by atoms with Crippen LogP contribution < -0.4 is 0 Å². The Morgan fingerprint density at radius 1 is 1.25 bits per heavy atom. The smallest absolute Gasteiger partial charge is 0.361 e. The number of hydrogen-bond acceptors (Lipinski definition) is 2. The lowest BCUT2D eigenvalue weighted by Crippen LogP contribution is -2.43. The van der Waals surface area contributed by atoms with E-state index in [2.05, 4.69) is 12.1 Å². The van der Waals surface area contributed by atoms with Crippen molar-refractivity contribution in [1.29, 1.82) is 0 Å². The van der Waals surface area contributed by atoms with Crippen molar-refractivity contribution in [1.82, 2.24) is 0 Å². The molecule has 0 amide bonds. The minimum atomic E-state index is -0.136. The van der Waals surface area contributed by atoms with Crippen molar-refractivity contribution in [3.63, 3.8) is 0 Å². The van der Waals surface area contributed by atoms with Gasteiger partial charge >= 0.3 is 5.97 Å². The number of benzene rings is 1. The molecule has 88 valence electrons. The normalized spacial score (nSPS) is 11.2. The summed E-state index contributed by atoms with van der Waals surface area (Å²) in [7, 11) is 4.06. The van der Waals surface area contributed by atoms with Crippen LogP contribution in [-0.4, -0.2) is 37.7 Å². The highest BCUT2D eigenvalue weighted by Gasteiger charge is 2.21. The van der Waals surface area contributed by atoms with E-state index in [-0.39, 0.29) is 5.97 Å². The first kappa shape index (κ1) is 12.7. The molecule has 3 nitrogen and oxygen atoms in total. The highest BCUT2D eigenvalue weighted by molar-refractivity contribution is 5.70. The van der Waals surface area contributed by atoms with Crippen LogP contribution in [0.15, 0.2) is 30.3 Å². The lowest BCUT2D eigenvalue weighted by Gasteiger charge is -2.28. The van der Waals surface area contributed by atoms with Gasteiger partial charge in [-0.1, -0.05) is 30.3 Å². The first-order valence-electron chi connectivity index (χ1n) is 5.55. The van der Waals surface area contributed by atoms with Gasteiger partial charge in [0.2, 0.25) is 0 Å². The van der Waals surface area contributed by atoms with Crippen molar-refractivity contribution in [2.24, 2.45) is 0 Å². The van der Waals surface area contributed by atoms with Gasteiger partial charge in [0.05, 0.1) is 20.7 Å². The Balaban J connectivity index is 2.54. The fraction of sp³-hybridized carbons (Fsp3) is 0.462. The molecule has 0 aliphatic heterocycles. The molecule has 1 rings (SSSR count). The van der Waals surface area contributed by atoms with E-state index < -0.39 is 0 Å². The van der Waals surface area contributed by atoms with Crippen LogP contribution in [0.4, 0.5) is 0 Å². The highest BCUT2D eigenvalue weighted by Crippen LogP contribution is 2.08. The summed E-state index contributed by atoms with van der Waals surface area (Å²) >= 11 is 0. The molecule has 0 atom stereocenters. The zero-order chi connectivity index (χ0) is 12.0. The maximum atomic E-state index is 11.4. The van der Waals surface area contributed by atoms with Gasteiger partial charge in [-0.2, -0.15) is 0 Å². The predicted octanol–water partition coefficient (Wildman–Crippen LogP) is 1.83. The minimum absolute atomic E-state index is 0.136. The second kappa shape index (κ2) is 5.66. The summed E-state index contributed by atoms with van der Waals surface area (Å²) in [6, 6.07) is 10.2. The van der Waals surface area contributed by atoms with Gasteiger partial charge in [0.1, 0.15) is 6.54 Å². The van der Waals surface area contributed by atoms with Crippen molar-refractivity contribution >= 4 is 5.97 Å². The van der Waals surface area contributed by atoms with Gasteiger partial charge in [-0.3, -0.25) is 0 Å². The third-order valence-corrected chi connectivity index (χ3v) is 2.32. The van der Waals surface area contributed by atoms with Crippen LogP contribution in [0.2, 0.25) is 0 Å². The zero-order valence-corrected chi connectivity index (χ0v) is 10.3. The van der Waals surface area contributed by atoms with Crippen LogP contribution in [0.3, 0.4) is 0 Å². The van der Waals surface area contributed by atoms with Gasteiger partial charge in [-0.15, -0.1) is 0 Å². The van der Waals surface area contributed by atoms with Gasteiger partial charge < -0.3 is 9.22 Å². The third kappa shape index (κ3) is 4.45. The minimum Gasteiger partial charge on any atom is -0.462 e. The first-order valence-corrected chi connectivity index (χ1v) is 5.55. The standard InChI is InChI=1S/C13H20NO2/c1-4-16-13(15)11-14(2,3)10-12-8-6-5-7-9-12/h5-9H,4,10-11H2,1-3H3/q+1. The van der Waals surface area contributed by atoms with Gasteiger partial charge in [0.15, 0.2) is 6.54 Å². The molecular weight excluding hydrogens is 202 g/mol. The number of carbonyl (C=O) groups excluding carboxylic acids is 1. The molecule has 0 saturated carbocycles. The molecule has 0 aliphatic carbocycles. The Kier molecular flexibility index (Phi) is 4.50. The molecule has 16 heavy (non-hydrogen) atoms. The number of rotatable bonds is 5. The Bertz CT molecular complexity index is 333. The zero-order valence-electron chi connectivity index (χ0n) is 10.3. The summed E-state index contributed by atoms with van der Waals surface area (Å²) < 4.78 is 5.57. The highest BCUT2D eigenvalue weighted by atomic mass is 16.5. The Hall–Kier alpha value is -1.35. The largest absolute Gasteiger partial charge is 0.462 e. The lowest BCUT2D eigenvalue weighted by atomic mass is 10.2. The molecule has 3 heteroatoms. The van der Waals surface area contributed by atoms with Gasteiger partial charge in [0.25, 0.3) is 0 Å². The molecule has 0 saturated heterocycles. The van der Waals surface area contributed by atoms with E-state index in [1.165, 1.54) is 5.56 Å². The van der Waals surface area contributed by atoms with Gasteiger partial charge in [-0.25, -0.2) is 4.79 Å². The van der Waals surface area contributed by atoms with Crippen LogP contribution in [-0.2, 0) is 16.1 Å². The summed E-state index contributed by atoms with van der Waals surface area (Å²) in [4.78, 5) is 11.4. The maximum Gasteiger partial charge on any atom is 0.361 e. The van der Waals surface area contributed by atoms with E-state index in [9.17, 15) is 4.79 Å². The van der Waals surface area contributed by atoms with Crippen molar-refractivity contribution in [3.8, 4) is 0 Å². The topological polar surface area (TPSA) is 26.3 Å². The summed E-state index contributed by atoms with van der Waals surface area (Å²) in [6.45, 7) is 3.52. The number of ether oxygens (including phenoxy) is 1. The van der Waals surface area contributed by atoms with Crippen LogP contribution >= 0.6 is 0 Å². The Labute approximate surface area is 97.2 Å². The van der Waals surface area contributed by atoms with Crippen LogP contribution in [0.5, 0.6) is 0 Å². The van der Waals surface area contributed by atoms with Crippen LogP contribution in [0, 0.1) is 0 Å². The van der Waals surface area contributed by atoms with Crippen molar-refractivity contribution in [2.75, 3.05) is 27.2 Å². The predicted molar refractivity (Wildman–Crippen MR) is 63.8 cm³/mol. The summed E-state index contributed by atoms with van der Waals surface area (Å²) in [6.07, 6.45) is 0. The fourth-order valence-corrected chi connectivity index (χ4v) is 1.69. The number of carbonyl (C=O) groups is 1. The molecule has 0 radical (unpaired) electrons. The second-order valence-electron chi connectivity index (χ2n) is 4.54. The first-order chi connectivity index (χ1) is 7.53. The number of esters is 1. The fourth-order valence-electron chi connectivity index (χ4n) is 1.69. The SMILES string of the molecule is CCOC(=O)C[N+](C)(C)Cc1ccccc1. The number of quaternary nitrogens is 1. The van der Waals surface area contributed by atoms with Crippen molar-refractivity contribution in [3.05, 3.63) is 35.9 Å².